The Morgan fingerprint density at radius 3 is 2.11 bits per heavy atom. The van der Waals surface area contributed by atoms with Gasteiger partial charge in [0.25, 0.3) is 0 Å². The molecule has 0 radical (unpaired) electrons. The Kier molecular flexibility index (Phi) is 6.17. The highest BCUT2D eigenvalue weighted by Crippen LogP contribution is 2.42. The molecular formula is C22H34O4Si. The standard InChI is InChI=1S/C22H34O4Si/c1-14-17-13-19(24-6)15(2)21(25-7)18(17)12-16(20(14)23)10-11-26-27(8,9)22(3,4)5/h12-13,23H,10-11H2,1-9H3. The Morgan fingerprint density at radius 2 is 1.59 bits per heavy atom. The molecule has 0 aliphatic heterocycles. The highest BCUT2D eigenvalue weighted by Gasteiger charge is 2.36. The van der Waals surface area contributed by atoms with Crippen LogP contribution in [0.2, 0.25) is 18.1 Å². The molecule has 0 unspecified atom stereocenters. The third kappa shape index (κ3) is 4.09. The number of aryl methyl sites for hydroxylation is 1. The summed E-state index contributed by atoms with van der Waals surface area (Å²) in [5, 5.41) is 12.9. The van der Waals surface area contributed by atoms with E-state index in [1.807, 2.05) is 26.0 Å². The van der Waals surface area contributed by atoms with Gasteiger partial charge in [-0.1, -0.05) is 20.8 Å². The summed E-state index contributed by atoms with van der Waals surface area (Å²) >= 11 is 0. The van der Waals surface area contributed by atoms with Crippen LogP contribution in [0.1, 0.15) is 37.5 Å². The minimum Gasteiger partial charge on any atom is -0.507 e. The van der Waals surface area contributed by atoms with Crippen molar-refractivity contribution in [2.24, 2.45) is 0 Å². The number of phenols is 1. The molecule has 0 heterocycles. The van der Waals surface area contributed by atoms with Crippen LogP contribution in [0, 0.1) is 13.8 Å². The van der Waals surface area contributed by atoms with Gasteiger partial charge >= 0.3 is 0 Å². The molecule has 27 heavy (non-hydrogen) atoms. The van der Waals surface area contributed by atoms with Gasteiger partial charge in [0.2, 0.25) is 0 Å². The maximum Gasteiger partial charge on any atom is 0.191 e. The van der Waals surface area contributed by atoms with Gasteiger partial charge in [0.15, 0.2) is 8.32 Å². The van der Waals surface area contributed by atoms with Crippen molar-refractivity contribution in [1.82, 2.24) is 0 Å². The minimum atomic E-state index is -1.81. The molecule has 0 saturated heterocycles. The summed E-state index contributed by atoms with van der Waals surface area (Å²) in [5.74, 6) is 1.88. The summed E-state index contributed by atoms with van der Waals surface area (Å²) in [4.78, 5) is 0. The van der Waals surface area contributed by atoms with E-state index < -0.39 is 8.32 Å². The molecule has 150 valence electrons. The number of hydrogen-bond acceptors (Lipinski definition) is 4. The Bertz CT molecular complexity index is 835. The quantitative estimate of drug-likeness (QED) is 0.639. The van der Waals surface area contributed by atoms with Gasteiger partial charge in [-0.05, 0) is 67.0 Å². The van der Waals surface area contributed by atoms with Crippen molar-refractivity contribution in [3.8, 4) is 17.2 Å². The number of hydrogen-bond donors (Lipinski definition) is 1. The first-order chi connectivity index (χ1) is 12.4. The third-order valence-corrected chi connectivity index (χ3v) is 10.5. The van der Waals surface area contributed by atoms with E-state index >= 15 is 0 Å². The van der Waals surface area contributed by atoms with E-state index in [2.05, 4.69) is 33.9 Å². The zero-order valence-corrected chi connectivity index (χ0v) is 19.2. The van der Waals surface area contributed by atoms with Gasteiger partial charge in [-0.2, -0.15) is 0 Å². The summed E-state index contributed by atoms with van der Waals surface area (Å²) < 4.78 is 17.4. The molecule has 0 aromatic heterocycles. The predicted octanol–water partition coefficient (Wildman–Crippen LogP) is 5.74. The molecule has 0 fully saturated rings. The highest BCUT2D eigenvalue weighted by atomic mass is 28.4. The summed E-state index contributed by atoms with van der Waals surface area (Å²) in [7, 11) is 1.51. The topological polar surface area (TPSA) is 47.9 Å². The van der Waals surface area contributed by atoms with E-state index in [0.717, 1.165) is 39.0 Å². The molecule has 2 aromatic rings. The lowest BCUT2D eigenvalue weighted by Gasteiger charge is -2.36. The molecule has 1 N–H and O–H groups in total. The van der Waals surface area contributed by atoms with E-state index in [4.69, 9.17) is 13.9 Å². The fraction of sp³-hybridized carbons (Fsp3) is 0.545. The van der Waals surface area contributed by atoms with Crippen molar-refractivity contribution in [2.45, 2.75) is 59.2 Å². The lowest BCUT2D eigenvalue weighted by molar-refractivity contribution is 0.290. The van der Waals surface area contributed by atoms with Crippen LogP contribution in [0.15, 0.2) is 12.1 Å². The second-order valence-electron chi connectivity index (χ2n) is 8.70. The second-order valence-corrected chi connectivity index (χ2v) is 13.5. The smallest absolute Gasteiger partial charge is 0.191 e. The van der Waals surface area contributed by atoms with Crippen LogP contribution in [0.25, 0.3) is 10.8 Å². The maximum absolute atomic E-state index is 10.8. The number of ether oxygens (including phenoxy) is 2. The predicted molar refractivity (Wildman–Crippen MR) is 115 cm³/mol. The summed E-state index contributed by atoms with van der Waals surface area (Å²) in [6.45, 7) is 15.7. The molecule has 0 atom stereocenters. The fourth-order valence-corrected chi connectivity index (χ4v) is 4.16. The Morgan fingerprint density at radius 1 is 0.963 bits per heavy atom. The zero-order chi connectivity index (χ0) is 20.6. The summed E-state index contributed by atoms with van der Waals surface area (Å²) in [6, 6.07) is 4.00. The lowest BCUT2D eigenvalue weighted by Crippen LogP contribution is -2.41. The van der Waals surface area contributed by atoms with Gasteiger partial charge < -0.3 is 19.0 Å². The average Bonchev–Trinajstić information content (AvgIpc) is 2.58. The van der Waals surface area contributed by atoms with Crippen LogP contribution in [0.5, 0.6) is 17.2 Å². The van der Waals surface area contributed by atoms with Crippen molar-refractivity contribution in [3.63, 3.8) is 0 Å². The van der Waals surface area contributed by atoms with Crippen LogP contribution >= 0.6 is 0 Å². The molecule has 0 saturated carbocycles. The Hall–Kier alpha value is -1.72. The van der Waals surface area contributed by atoms with Gasteiger partial charge in [0.05, 0.1) is 14.2 Å². The molecule has 2 rings (SSSR count). The molecule has 0 bridgehead atoms. The first-order valence-electron chi connectivity index (χ1n) is 9.45. The van der Waals surface area contributed by atoms with Gasteiger partial charge in [-0.3, -0.25) is 0 Å². The van der Waals surface area contributed by atoms with Crippen LogP contribution in [-0.2, 0) is 10.8 Å². The number of rotatable bonds is 6. The van der Waals surface area contributed by atoms with Crippen LogP contribution in [0.4, 0.5) is 0 Å². The van der Waals surface area contributed by atoms with Gasteiger partial charge in [0, 0.05) is 17.6 Å². The van der Waals surface area contributed by atoms with Gasteiger partial charge in [0.1, 0.15) is 17.2 Å². The van der Waals surface area contributed by atoms with Crippen molar-refractivity contribution in [1.29, 1.82) is 0 Å². The van der Waals surface area contributed by atoms with Crippen LogP contribution in [-0.4, -0.2) is 34.3 Å². The maximum atomic E-state index is 10.8. The molecule has 4 nitrogen and oxygen atoms in total. The van der Waals surface area contributed by atoms with E-state index in [-0.39, 0.29) is 5.04 Å². The molecular weight excluding hydrogens is 356 g/mol. The van der Waals surface area contributed by atoms with E-state index in [0.29, 0.717) is 18.8 Å². The molecule has 5 heteroatoms. The molecule has 0 aliphatic rings. The number of aromatic hydroxyl groups is 1. The highest BCUT2D eigenvalue weighted by molar-refractivity contribution is 6.74. The summed E-state index contributed by atoms with van der Waals surface area (Å²) in [5.41, 5.74) is 2.69. The van der Waals surface area contributed by atoms with Crippen LogP contribution in [0.3, 0.4) is 0 Å². The van der Waals surface area contributed by atoms with E-state index in [1.54, 1.807) is 14.2 Å². The number of benzene rings is 2. The first-order valence-corrected chi connectivity index (χ1v) is 12.4. The number of fused-ring (bicyclic) bond motifs is 1. The van der Waals surface area contributed by atoms with Crippen LogP contribution < -0.4 is 9.47 Å². The molecule has 0 aliphatic carbocycles. The summed E-state index contributed by atoms with van der Waals surface area (Å²) in [6.07, 6.45) is 0.670. The zero-order valence-electron chi connectivity index (χ0n) is 18.2. The normalized spacial score (nSPS) is 12.5. The molecule has 0 amide bonds. The number of methoxy groups -OCH3 is 2. The third-order valence-electron chi connectivity index (χ3n) is 5.97. The Labute approximate surface area is 164 Å². The minimum absolute atomic E-state index is 0.172. The molecule has 0 spiro atoms. The van der Waals surface area contributed by atoms with Gasteiger partial charge in [-0.25, -0.2) is 0 Å². The monoisotopic (exact) mass is 390 g/mol. The first kappa shape index (κ1) is 21.6. The SMILES string of the molecule is COc1cc2c(C)c(O)c(CCO[Si](C)(C)C(C)(C)C)cc2c(OC)c1C. The number of phenolic OH excluding ortho intramolecular Hbond substituents is 1. The average molecular weight is 391 g/mol. The second kappa shape index (κ2) is 7.72. The molecule has 2 aromatic carbocycles. The largest absolute Gasteiger partial charge is 0.507 e. The Balaban J connectivity index is 2.43. The van der Waals surface area contributed by atoms with Crippen molar-refractivity contribution in [3.05, 3.63) is 28.8 Å². The van der Waals surface area contributed by atoms with E-state index in [9.17, 15) is 5.11 Å². The van der Waals surface area contributed by atoms with Gasteiger partial charge in [-0.15, -0.1) is 0 Å². The van der Waals surface area contributed by atoms with Crippen molar-refractivity contribution >= 4 is 19.1 Å². The van der Waals surface area contributed by atoms with E-state index in [1.165, 1.54) is 0 Å². The van der Waals surface area contributed by atoms with Crippen molar-refractivity contribution < 1.29 is 19.0 Å². The fourth-order valence-electron chi connectivity index (χ4n) is 3.12. The lowest BCUT2D eigenvalue weighted by atomic mass is 9.96. The van der Waals surface area contributed by atoms with Crippen molar-refractivity contribution in [2.75, 3.05) is 20.8 Å².